The van der Waals surface area contributed by atoms with Crippen LogP contribution in [0.2, 0.25) is 5.15 Å². The van der Waals surface area contributed by atoms with Crippen LogP contribution in [-0.4, -0.2) is 26.1 Å². The van der Waals surface area contributed by atoms with Crippen molar-refractivity contribution >= 4 is 29.2 Å². The highest BCUT2D eigenvalue weighted by atomic mass is 35.5. The van der Waals surface area contributed by atoms with Gasteiger partial charge in [-0.1, -0.05) is 11.6 Å². The fourth-order valence-corrected chi connectivity index (χ4v) is 2.98. The number of aromatic nitrogens is 2. The van der Waals surface area contributed by atoms with Crippen LogP contribution in [0, 0.1) is 0 Å². The molecular weight excluding hydrogens is 387 g/mol. The lowest BCUT2D eigenvalue weighted by Crippen LogP contribution is -2.45. The van der Waals surface area contributed by atoms with E-state index in [2.05, 4.69) is 4.98 Å². The average Bonchev–Trinajstić information content (AvgIpc) is 3.13. The van der Waals surface area contributed by atoms with Crippen molar-refractivity contribution in [3.63, 3.8) is 0 Å². The van der Waals surface area contributed by atoms with Gasteiger partial charge < -0.3 is 9.52 Å². The Kier molecular flexibility index (Phi) is 4.38. The lowest BCUT2D eigenvalue weighted by Gasteiger charge is -2.31. The first-order valence-corrected chi connectivity index (χ1v) is 8.15. The van der Waals surface area contributed by atoms with Crippen molar-refractivity contribution in [2.75, 3.05) is 4.90 Å². The van der Waals surface area contributed by atoms with Gasteiger partial charge in [0.2, 0.25) is 0 Å². The summed E-state index contributed by atoms with van der Waals surface area (Å²) in [7, 11) is 0. The summed E-state index contributed by atoms with van der Waals surface area (Å²) in [6.07, 6.45) is -3.46. The highest BCUT2D eigenvalue weighted by Crippen LogP contribution is 2.39. The second-order valence-electron chi connectivity index (χ2n) is 6.83. The molecule has 3 heterocycles. The Morgan fingerprint density at radius 1 is 1.33 bits per heavy atom. The molecule has 0 aliphatic carbocycles. The molecule has 0 bridgehead atoms. The van der Waals surface area contributed by atoms with Crippen LogP contribution in [0.25, 0.3) is 17.0 Å². The molecule has 0 saturated heterocycles. The van der Waals surface area contributed by atoms with E-state index >= 15 is 0 Å². The standard InChI is InChI=1S/C17H15ClF3N3O3/c1-16(2,3)24(15(25)26)14-12(18)23-8-9(11-5-4-6-27-11)7-10(13(23)22-14)17(19,20)21/h4-8H,1-3H3,(H,25,26). The van der Waals surface area contributed by atoms with E-state index in [9.17, 15) is 23.1 Å². The topological polar surface area (TPSA) is 71.0 Å². The van der Waals surface area contributed by atoms with Crippen molar-refractivity contribution in [1.82, 2.24) is 9.38 Å². The maximum absolute atomic E-state index is 13.6. The zero-order chi connectivity index (χ0) is 20.1. The van der Waals surface area contributed by atoms with Crippen LogP contribution in [-0.2, 0) is 6.18 Å². The SMILES string of the molecule is CC(C)(C)N(C(=O)O)c1nc2c(C(F)(F)F)cc(-c3ccco3)cn2c1Cl. The van der Waals surface area contributed by atoms with Crippen LogP contribution in [0.5, 0.6) is 0 Å². The van der Waals surface area contributed by atoms with Crippen molar-refractivity contribution in [2.45, 2.75) is 32.5 Å². The summed E-state index contributed by atoms with van der Waals surface area (Å²) in [5, 5.41) is 9.28. The van der Waals surface area contributed by atoms with E-state index in [0.29, 0.717) is 0 Å². The van der Waals surface area contributed by atoms with E-state index in [1.54, 1.807) is 26.8 Å². The average molecular weight is 402 g/mol. The molecule has 0 spiro atoms. The van der Waals surface area contributed by atoms with Gasteiger partial charge in [-0.15, -0.1) is 0 Å². The second kappa shape index (κ2) is 6.19. The first kappa shape index (κ1) is 19.1. The molecule has 0 unspecified atom stereocenters. The molecule has 1 N–H and O–H groups in total. The van der Waals surface area contributed by atoms with Crippen LogP contribution in [0.4, 0.5) is 23.8 Å². The first-order valence-electron chi connectivity index (χ1n) is 7.77. The summed E-state index contributed by atoms with van der Waals surface area (Å²) in [6, 6.07) is 3.94. The number of amides is 1. The van der Waals surface area contributed by atoms with Gasteiger partial charge in [-0.2, -0.15) is 13.2 Å². The van der Waals surface area contributed by atoms with Gasteiger partial charge in [-0.25, -0.2) is 9.78 Å². The van der Waals surface area contributed by atoms with Crippen LogP contribution in [0.15, 0.2) is 35.1 Å². The third-order valence-electron chi connectivity index (χ3n) is 3.83. The van der Waals surface area contributed by atoms with E-state index in [1.807, 2.05) is 0 Å². The summed E-state index contributed by atoms with van der Waals surface area (Å²) in [5.41, 5.74) is -2.39. The van der Waals surface area contributed by atoms with Gasteiger partial charge in [-0.3, -0.25) is 9.30 Å². The minimum absolute atomic E-state index is 0.128. The molecule has 0 aliphatic heterocycles. The summed E-state index contributed by atoms with van der Waals surface area (Å²) in [6.45, 7) is 4.75. The number of halogens is 4. The van der Waals surface area contributed by atoms with E-state index < -0.39 is 29.0 Å². The smallest absolute Gasteiger partial charge is 0.420 e. The number of nitrogens with zero attached hydrogens (tertiary/aromatic N) is 3. The summed E-state index contributed by atoms with van der Waals surface area (Å²) in [4.78, 5) is 16.4. The van der Waals surface area contributed by atoms with Crippen LogP contribution >= 0.6 is 11.6 Å². The molecule has 6 nitrogen and oxygen atoms in total. The fourth-order valence-electron chi connectivity index (χ4n) is 2.73. The number of imidazole rings is 1. The molecule has 1 amide bonds. The van der Waals surface area contributed by atoms with E-state index in [-0.39, 0.29) is 22.3 Å². The monoisotopic (exact) mass is 401 g/mol. The van der Waals surface area contributed by atoms with Crippen molar-refractivity contribution in [1.29, 1.82) is 0 Å². The van der Waals surface area contributed by atoms with Crippen molar-refractivity contribution in [3.8, 4) is 11.3 Å². The number of hydrogen-bond acceptors (Lipinski definition) is 3. The molecule has 144 valence electrons. The number of carboxylic acid groups (broad SMARTS) is 1. The number of pyridine rings is 1. The van der Waals surface area contributed by atoms with Crippen LogP contribution in [0.3, 0.4) is 0 Å². The Balaban J connectivity index is 2.35. The minimum Gasteiger partial charge on any atom is -0.465 e. The summed E-state index contributed by atoms with van der Waals surface area (Å²) >= 11 is 6.25. The van der Waals surface area contributed by atoms with Crippen LogP contribution in [0.1, 0.15) is 26.3 Å². The molecular formula is C17H15ClF3N3O3. The number of furan rings is 1. The molecule has 27 heavy (non-hydrogen) atoms. The van der Waals surface area contributed by atoms with Crippen LogP contribution < -0.4 is 4.90 Å². The summed E-state index contributed by atoms with van der Waals surface area (Å²) < 4.78 is 47.0. The van der Waals surface area contributed by atoms with Gasteiger partial charge in [0, 0.05) is 17.3 Å². The van der Waals surface area contributed by atoms with Gasteiger partial charge in [0.1, 0.15) is 5.76 Å². The first-order chi connectivity index (χ1) is 12.4. The molecule has 3 aromatic rings. The number of anilines is 1. The van der Waals surface area contributed by atoms with Crippen molar-refractivity contribution < 1.29 is 27.5 Å². The maximum Gasteiger partial charge on any atom is 0.420 e. The molecule has 0 aliphatic rings. The van der Waals surface area contributed by atoms with Gasteiger partial charge in [0.05, 0.1) is 11.8 Å². The van der Waals surface area contributed by atoms with Gasteiger partial charge in [0.15, 0.2) is 16.6 Å². The second-order valence-corrected chi connectivity index (χ2v) is 7.18. The summed E-state index contributed by atoms with van der Waals surface area (Å²) in [5.74, 6) is -0.0709. The normalized spacial score (nSPS) is 12.6. The zero-order valence-corrected chi connectivity index (χ0v) is 15.3. The number of carbonyl (C=O) groups is 1. The zero-order valence-electron chi connectivity index (χ0n) is 14.5. The fraction of sp³-hybridized carbons (Fsp3) is 0.294. The Labute approximate surface area is 156 Å². The molecule has 10 heteroatoms. The Morgan fingerprint density at radius 2 is 2.00 bits per heavy atom. The van der Waals surface area contributed by atoms with Crippen molar-refractivity contribution in [3.05, 3.63) is 41.4 Å². The van der Waals surface area contributed by atoms with Gasteiger partial charge in [0.25, 0.3) is 0 Å². The predicted octanol–water partition coefficient (Wildman–Crippen LogP) is 5.55. The molecule has 3 aromatic heterocycles. The van der Waals surface area contributed by atoms with Gasteiger partial charge in [-0.05, 0) is 39.0 Å². The number of rotatable bonds is 2. The Morgan fingerprint density at radius 3 is 2.48 bits per heavy atom. The molecule has 0 fully saturated rings. The lowest BCUT2D eigenvalue weighted by atomic mass is 10.1. The van der Waals surface area contributed by atoms with Gasteiger partial charge >= 0.3 is 12.3 Å². The molecule has 0 saturated carbocycles. The lowest BCUT2D eigenvalue weighted by molar-refractivity contribution is -0.136. The quantitative estimate of drug-likeness (QED) is 0.611. The molecule has 0 radical (unpaired) electrons. The van der Waals surface area contributed by atoms with Crippen molar-refractivity contribution in [2.24, 2.45) is 0 Å². The Bertz CT molecular complexity index is 1000. The maximum atomic E-state index is 13.6. The molecule has 0 atom stereocenters. The molecule has 0 aromatic carbocycles. The highest BCUT2D eigenvalue weighted by Gasteiger charge is 2.38. The third-order valence-corrected chi connectivity index (χ3v) is 4.18. The number of alkyl halides is 3. The number of hydrogen-bond donors (Lipinski definition) is 1. The molecule has 3 rings (SSSR count). The third kappa shape index (κ3) is 3.34. The number of fused-ring (bicyclic) bond motifs is 1. The highest BCUT2D eigenvalue weighted by molar-refractivity contribution is 6.33. The van der Waals surface area contributed by atoms with E-state index in [0.717, 1.165) is 15.4 Å². The largest absolute Gasteiger partial charge is 0.465 e. The van der Waals surface area contributed by atoms with E-state index in [1.165, 1.54) is 18.5 Å². The Hall–Kier alpha value is -2.68. The minimum atomic E-state index is -4.73. The van der Waals surface area contributed by atoms with E-state index in [4.69, 9.17) is 16.0 Å². The predicted molar refractivity (Wildman–Crippen MR) is 93.2 cm³/mol.